The van der Waals surface area contributed by atoms with Crippen LogP contribution in [0.3, 0.4) is 0 Å². The first-order valence-electron chi connectivity index (χ1n) is 8.42. The topological polar surface area (TPSA) is 51.6 Å². The molecule has 0 radical (unpaired) electrons. The van der Waals surface area contributed by atoms with Crippen molar-refractivity contribution >= 4 is 28.5 Å². The molecule has 0 aliphatic carbocycles. The smallest absolute Gasteiger partial charge is 0.198 e. The molecule has 2 N–H and O–H groups in total. The highest BCUT2D eigenvalue weighted by molar-refractivity contribution is 6.02. The molecule has 4 rings (SSSR count). The molecular weight excluding hydrogens is 298 g/mol. The summed E-state index contributed by atoms with van der Waals surface area (Å²) in [5.41, 5.74) is 5.10. The van der Waals surface area contributed by atoms with Crippen molar-refractivity contribution < 1.29 is 5.11 Å². The number of aromatic nitrogens is 1. The van der Waals surface area contributed by atoms with Crippen LogP contribution in [0.25, 0.3) is 10.9 Å². The molecule has 1 aliphatic rings. The maximum absolute atomic E-state index is 10.1. The molecule has 0 amide bonds. The van der Waals surface area contributed by atoms with E-state index in [1.54, 1.807) is 6.21 Å². The van der Waals surface area contributed by atoms with Crippen LogP contribution in [0.5, 0.6) is 5.88 Å². The van der Waals surface area contributed by atoms with Crippen LogP contribution < -0.4 is 4.90 Å². The van der Waals surface area contributed by atoms with Gasteiger partial charge in [-0.1, -0.05) is 18.2 Å². The summed E-state index contributed by atoms with van der Waals surface area (Å²) in [4.78, 5) is 9.98. The SMILES string of the molecule is Cc1cc(N=Cc2c(O)[nH]c3ccccc23)ccc1N1CCCC1. The lowest BCUT2D eigenvalue weighted by molar-refractivity contribution is 0.457. The highest BCUT2D eigenvalue weighted by Gasteiger charge is 2.14. The van der Waals surface area contributed by atoms with Crippen LogP contribution in [0.1, 0.15) is 24.0 Å². The molecule has 2 aromatic carbocycles. The predicted octanol–water partition coefficient (Wildman–Crippen LogP) is 4.53. The van der Waals surface area contributed by atoms with E-state index in [1.165, 1.54) is 24.1 Å². The van der Waals surface area contributed by atoms with Crippen LogP contribution in [-0.4, -0.2) is 29.4 Å². The van der Waals surface area contributed by atoms with Crippen molar-refractivity contribution in [3.8, 4) is 5.88 Å². The number of para-hydroxylation sites is 1. The second-order valence-corrected chi connectivity index (χ2v) is 6.36. The number of aromatic amines is 1. The number of rotatable bonds is 3. The lowest BCUT2D eigenvalue weighted by Gasteiger charge is -2.20. The first-order chi connectivity index (χ1) is 11.7. The lowest BCUT2D eigenvalue weighted by atomic mass is 10.1. The minimum atomic E-state index is 0.158. The number of aliphatic imine (C=N–C) groups is 1. The van der Waals surface area contributed by atoms with E-state index in [1.807, 2.05) is 30.3 Å². The largest absolute Gasteiger partial charge is 0.494 e. The van der Waals surface area contributed by atoms with E-state index in [2.05, 4.69) is 33.9 Å². The first kappa shape index (κ1) is 14.8. The van der Waals surface area contributed by atoms with Gasteiger partial charge in [-0.15, -0.1) is 0 Å². The Kier molecular flexibility index (Phi) is 3.73. The zero-order valence-electron chi connectivity index (χ0n) is 13.8. The first-order valence-corrected chi connectivity index (χ1v) is 8.42. The van der Waals surface area contributed by atoms with E-state index in [0.717, 1.165) is 35.2 Å². The van der Waals surface area contributed by atoms with Gasteiger partial charge in [0, 0.05) is 35.9 Å². The summed E-state index contributed by atoms with van der Waals surface area (Å²) >= 11 is 0. The van der Waals surface area contributed by atoms with Crippen molar-refractivity contribution in [2.75, 3.05) is 18.0 Å². The van der Waals surface area contributed by atoms with Crippen LogP contribution in [0, 0.1) is 6.92 Å². The third kappa shape index (κ3) is 2.64. The number of fused-ring (bicyclic) bond motifs is 1. The molecule has 3 aromatic rings. The number of aromatic hydroxyl groups is 1. The number of benzene rings is 2. The average molecular weight is 319 g/mol. The van der Waals surface area contributed by atoms with Gasteiger partial charge < -0.3 is 15.0 Å². The Morgan fingerprint density at radius 1 is 1.12 bits per heavy atom. The normalized spacial score (nSPS) is 15.0. The van der Waals surface area contributed by atoms with Gasteiger partial charge in [-0.3, -0.25) is 4.99 Å². The monoisotopic (exact) mass is 319 g/mol. The standard InChI is InChI=1S/C20H21N3O/c1-14-12-15(8-9-19(14)23-10-4-5-11-23)21-13-17-16-6-2-3-7-18(16)22-20(17)24/h2-3,6-9,12-13,22,24H,4-5,10-11H2,1H3. The molecular formula is C20H21N3O. The molecule has 0 bridgehead atoms. The number of nitrogens with zero attached hydrogens (tertiary/aromatic N) is 2. The van der Waals surface area contributed by atoms with Crippen molar-refractivity contribution in [1.29, 1.82) is 0 Å². The third-order valence-corrected chi connectivity index (χ3v) is 4.70. The molecule has 1 fully saturated rings. The van der Waals surface area contributed by atoms with Crippen LogP contribution >= 0.6 is 0 Å². The molecule has 0 spiro atoms. The fourth-order valence-corrected chi connectivity index (χ4v) is 3.45. The van der Waals surface area contributed by atoms with Gasteiger partial charge >= 0.3 is 0 Å². The molecule has 0 saturated carbocycles. The summed E-state index contributed by atoms with van der Waals surface area (Å²) in [7, 11) is 0. The maximum Gasteiger partial charge on any atom is 0.198 e. The summed E-state index contributed by atoms with van der Waals surface area (Å²) in [6.07, 6.45) is 4.29. The second-order valence-electron chi connectivity index (χ2n) is 6.36. The van der Waals surface area contributed by atoms with E-state index in [4.69, 9.17) is 0 Å². The Bertz CT molecular complexity index is 904. The van der Waals surface area contributed by atoms with Gasteiger partial charge in [-0.05, 0) is 49.6 Å². The van der Waals surface area contributed by atoms with E-state index >= 15 is 0 Å². The summed E-state index contributed by atoms with van der Waals surface area (Å²) < 4.78 is 0. The zero-order chi connectivity index (χ0) is 16.5. The van der Waals surface area contributed by atoms with Crippen molar-refractivity contribution in [3.63, 3.8) is 0 Å². The van der Waals surface area contributed by atoms with Gasteiger partial charge in [0.05, 0.1) is 11.3 Å². The Morgan fingerprint density at radius 3 is 2.71 bits per heavy atom. The number of anilines is 1. The number of hydrogen-bond donors (Lipinski definition) is 2. The highest BCUT2D eigenvalue weighted by atomic mass is 16.3. The Labute approximate surface area is 141 Å². The fourth-order valence-electron chi connectivity index (χ4n) is 3.45. The average Bonchev–Trinajstić information content (AvgIpc) is 3.20. The van der Waals surface area contributed by atoms with Crippen molar-refractivity contribution in [3.05, 3.63) is 53.6 Å². The summed E-state index contributed by atoms with van der Waals surface area (Å²) in [6, 6.07) is 14.1. The van der Waals surface area contributed by atoms with Gasteiger partial charge in [-0.25, -0.2) is 0 Å². The summed E-state index contributed by atoms with van der Waals surface area (Å²) in [5.74, 6) is 0.158. The molecule has 1 aromatic heterocycles. The van der Waals surface area contributed by atoms with Gasteiger partial charge in [0.2, 0.25) is 0 Å². The van der Waals surface area contributed by atoms with E-state index in [9.17, 15) is 5.11 Å². The number of H-pyrrole nitrogens is 1. The van der Waals surface area contributed by atoms with Crippen molar-refractivity contribution in [2.24, 2.45) is 4.99 Å². The second kappa shape index (κ2) is 6.04. The third-order valence-electron chi connectivity index (χ3n) is 4.70. The van der Waals surface area contributed by atoms with Crippen LogP contribution in [0.4, 0.5) is 11.4 Å². The molecule has 1 saturated heterocycles. The number of hydrogen-bond acceptors (Lipinski definition) is 3. The van der Waals surface area contributed by atoms with E-state index in [-0.39, 0.29) is 5.88 Å². The van der Waals surface area contributed by atoms with Gasteiger partial charge in [0.1, 0.15) is 0 Å². The molecule has 0 unspecified atom stereocenters. The van der Waals surface area contributed by atoms with E-state index in [0.29, 0.717) is 0 Å². The Hall–Kier alpha value is -2.75. The van der Waals surface area contributed by atoms with E-state index < -0.39 is 0 Å². The van der Waals surface area contributed by atoms with Crippen molar-refractivity contribution in [1.82, 2.24) is 4.98 Å². The van der Waals surface area contributed by atoms with Crippen LogP contribution in [-0.2, 0) is 0 Å². The lowest BCUT2D eigenvalue weighted by Crippen LogP contribution is -2.18. The zero-order valence-corrected chi connectivity index (χ0v) is 13.8. The summed E-state index contributed by atoms with van der Waals surface area (Å²) in [5, 5.41) is 11.1. The van der Waals surface area contributed by atoms with Crippen molar-refractivity contribution in [2.45, 2.75) is 19.8 Å². The molecule has 4 nitrogen and oxygen atoms in total. The van der Waals surface area contributed by atoms with Crippen LogP contribution in [0.15, 0.2) is 47.5 Å². The molecule has 0 atom stereocenters. The maximum atomic E-state index is 10.1. The Morgan fingerprint density at radius 2 is 1.92 bits per heavy atom. The molecule has 1 aliphatic heterocycles. The minimum Gasteiger partial charge on any atom is -0.494 e. The number of aryl methyl sites for hydroxylation is 1. The van der Waals surface area contributed by atoms with Gasteiger partial charge in [-0.2, -0.15) is 0 Å². The quantitative estimate of drug-likeness (QED) is 0.697. The van der Waals surface area contributed by atoms with Gasteiger partial charge in [0.15, 0.2) is 5.88 Å². The van der Waals surface area contributed by atoms with Gasteiger partial charge in [0.25, 0.3) is 0 Å². The number of nitrogens with one attached hydrogen (secondary N) is 1. The Balaban J connectivity index is 1.63. The molecule has 4 heteroatoms. The molecule has 122 valence electrons. The summed E-state index contributed by atoms with van der Waals surface area (Å²) in [6.45, 7) is 4.43. The fraction of sp³-hybridized carbons (Fsp3) is 0.250. The minimum absolute atomic E-state index is 0.158. The predicted molar refractivity (Wildman–Crippen MR) is 99.8 cm³/mol. The highest BCUT2D eigenvalue weighted by Crippen LogP contribution is 2.29. The van der Waals surface area contributed by atoms with Crippen LogP contribution in [0.2, 0.25) is 0 Å². The molecule has 2 heterocycles. The molecule has 24 heavy (non-hydrogen) atoms.